The van der Waals surface area contributed by atoms with Gasteiger partial charge in [-0.25, -0.2) is 0 Å². The van der Waals surface area contributed by atoms with Gasteiger partial charge < -0.3 is 5.32 Å². The Morgan fingerprint density at radius 3 is 2.69 bits per heavy atom. The Labute approximate surface area is 98.7 Å². The van der Waals surface area contributed by atoms with Gasteiger partial charge in [0, 0.05) is 19.1 Å². The maximum absolute atomic E-state index is 3.59. The number of nitrogens with one attached hydrogen (secondary N) is 1. The van der Waals surface area contributed by atoms with E-state index in [1.807, 2.05) is 0 Å². The summed E-state index contributed by atoms with van der Waals surface area (Å²) in [5, 5.41) is 3.59. The van der Waals surface area contributed by atoms with Crippen LogP contribution in [0.5, 0.6) is 0 Å². The highest BCUT2D eigenvalue weighted by Gasteiger charge is 2.36. The molecule has 2 rings (SSSR count). The Bertz CT molecular complexity index is 336. The fraction of sp³-hybridized carbons (Fsp3) is 0.571. The topological polar surface area (TPSA) is 15.3 Å². The fourth-order valence-corrected chi connectivity index (χ4v) is 2.64. The Morgan fingerprint density at radius 2 is 2.06 bits per heavy atom. The second-order valence-electron chi connectivity index (χ2n) is 4.96. The first-order valence-corrected chi connectivity index (χ1v) is 6.21. The minimum absolute atomic E-state index is 0.141. The van der Waals surface area contributed by atoms with Crippen LogP contribution in [-0.4, -0.2) is 30.6 Å². The molecule has 0 aromatic heterocycles. The van der Waals surface area contributed by atoms with Gasteiger partial charge in [-0.05, 0) is 26.0 Å². The van der Waals surface area contributed by atoms with Crippen molar-refractivity contribution in [1.29, 1.82) is 0 Å². The quantitative estimate of drug-likeness (QED) is 0.819. The largest absolute Gasteiger partial charge is 0.311 e. The molecular formula is C14H22N2. The van der Waals surface area contributed by atoms with Gasteiger partial charge in [0.25, 0.3) is 0 Å². The molecule has 0 bridgehead atoms. The molecule has 1 N–H and O–H groups in total. The molecule has 0 radical (unpaired) electrons. The number of likely N-dealkylation sites (N-methyl/N-ethyl adjacent to an activating group) is 1. The van der Waals surface area contributed by atoms with Crippen molar-refractivity contribution >= 4 is 0 Å². The van der Waals surface area contributed by atoms with E-state index in [4.69, 9.17) is 0 Å². The molecule has 0 spiro atoms. The van der Waals surface area contributed by atoms with E-state index < -0.39 is 0 Å². The molecule has 16 heavy (non-hydrogen) atoms. The smallest absolute Gasteiger partial charge is 0.0557 e. The summed E-state index contributed by atoms with van der Waals surface area (Å²) >= 11 is 0. The van der Waals surface area contributed by atoms with Crippen molar-refractivity contribution in [3.8, 4) is 0 Å². The summed E-state index contributed by atoms with van der Waals surface area (Å²) in [5.41, 5.74) is 1.55. The van der Waals surface area contributed by atoms with Crippen molar-refractivity contribution in [2.75, 3.05) is 19.6 Å². The van der Waals surface area contributed by atoms with Gasteiger partial charge in [-0.2, -0.15) is 0 Å². The summed E-state index contributed by atoms with van der Waals surface area (Å²) < 4.78 is 0. The van der Waals surface area contributed by atoms with Gasteiger partial charge >= 0.3 is 0 Å². The average molecular weight is 218 g/mol. The first kappa shape index (κ1) is 11.6. The highest BCUT2D eigenvalue weighted by atomic mass is 15.3. The van der Waals surface area contributed by atoms with Crippen molar-refractivity contribution in [2.24, 2.45) is 0 Å². The van der Waals surface area contributed by atoms with E-state index in [1.165, 1.54) is 5.56 Å². The van der Waals surface area contributed by atoms with Gasteiger partial charge in [-0.15, -0.1) is 0 Å². The monoisotopic (exact) mass is 218 g/mol. The molecule has 1 aromatic rings. The molecule has 88 valence electrons. The third-order valence-electron chi connectivity index (χ3n) is 3.76. The maximum atomic E-state index is 3.59. The zero-order valence-corrected chi connectivity index (χ0v) is 10.5. The number of rotatable bonds is 2. The van der Waals surface area contributed by atoms with Crippen molar-refractivity contribution in [3.05, 3.63) is 35.9 Å². The molecular weight excluding hydrogens is 196 g/mol. The zero-order chi connectivity index (χ0) is 11.6. The van der Waals surface area contributed by atoms with Crippen molar-refractivity contribution in [2.45, 2.75) is 32.4 Å². The lowest BCUT2D eigenvalue weighted by Gasteiger charge is -2.47. The van der Waals surface area contributed by atoms with Crippen LogP contribution in [0.25, 0.3) is 0 Å². The number of hydrogen-bond acceptors (Lipinski definition) is 2. The van der Waals surface area contributed by atoms with Crippen LogP contribution in [0.2, 0.25) is 0 Å². The molecule has 1 fully saturated rings. The molecule has 0 saturated carbocycles. The second kappa shape index (κ2) is 4.56. The van der Waals surface area contributed by atoms with Crippen molar-refractivity contribution in [1.82, 2.24) is 10.2 Å². The van der Waals surface area contributed by atoms with E-state index in [0.29, 0.717) is 6.04 Å². The van der Waals surface area contributed by atoms with Crippen LogP contribution in [0.3, 0.4) is 0 Å². The summed E-state index contributed by atoms with van der Waals surface area (Å²) in [4.78, 5) is 2.57. The van der Waals surface area contributed by atoms with E-state index in [-0.39, 0.29) is 5.54 Å². The second-order valence-corrected chi connectivity index (χ2v) is 4.96. The lowest BCUT2D eigenvalue weighted by Crippen LogP contribution is -2.60. The number of hydrogen-bond donors (Lipinski definition) is 1. The van der Waals surface area contributed by atoms with Crippen molar-refractivity contribution < 1.29 is 0 Å². The van der Waals surface area contributed by atoms with Crippen LogP contribution in [-0.2, 0) is 5.54 Å². The zero-order valence-electron chi connectivity index (χ0n) is 10.5. The van der Waals surface area contributed by atoms with Crippen LogP contribution in [0.1, 0.15) is 26.3 Å². The molecule has 1 aliphatic rings. The lowest BCUT2D eigenvalue weighted by atomic mass is 9.87. The average Bonchev–Trinajstić information content (AvgIpc) is 2.33. The Hall–Kier alpha value is -0.860. The van der Waals surface area contributed by atoms with Gasteiger partial charge in [0.05, 0.1) is 5.54 Å². The number of nitrogens with zero attached hydrogens (tertiary/aromatic N) is 1. The van der Waals surface area contributed by atoms with Crippen LogP contribution in [0.4, 0.5) is 0 Å². The number of benzene rings is 1. The van der Waals surface area contributed by atoms with Crippen LogP contribution >= 0.6 is 0 Å². The Morgan fingerprint density at radius 1 is 1.38 bits per heavy atom. The Kier molecular flexibility index (Phi) is 3.31. The minimum atomic E-state index is 0.141. The highest BCUT2D eigenvalue weighted by Crippen LogP contribution is 2.30. The van der Waals surface area contributed by atoms with E-state index in [0.717, 1.165) is 19.6 Å². The molecule has 2 atom stereocenters. The number of piperazine rings is 1. The van der Waals surface area contributed by atoms with Gasteiger partial charge in [0.1, 0.15) is 0 Å². The third kappa shape index (κ3) is 2.00. The predicted molar refractivity (Wildman–Crippen MR) is 68.5 cm³/mol. The Balaban J connectivity index is 2.29. The molecule has 2 unspecified atom stereocenters. The standard InChI is InChI=1S/C14H22N2/c1-4-16-10-12(2)15-11-14(16,3)13-8-6-5-7-9-13/h5-9,12,15H,4,10-11H2,1-3H3. The molecule has 1 saturated heterocycles. The van der Waals surface area contributed by atoms with E-state index in [9.17, 15) is 0 Å². The summed E-state index contributed by atoms with van der Waals surface area (Å²) in [6.07, 6.45) is 0. The maximum Gasteiger partial charge on any atom is 0.0557 e. The van der Waals surface area contributed by atoms with E-state index >= 15 is 0 Å². The molecule has 2 heteroatoms. The molecule has 0 amide bonds. The van der Waals surface area contributed by atoms with Gasteiger partial charge in [-0.1, -0.05) is 37.3 Å². The van der Waals surface area contributed by atoms with Crippen LogP contribution < -0.4 is 5.32 Å². The van der Waals surface area contributed by atoms with E-state index in [2.05, 4.69) is 61.3 Å². The molecule has 0 aliphatic carbocycles. The predicted octanol–water partition coefficient (Wildman–Crippen LogP) is 2.22. The first-order chi connectivity index (χ1) is 7.66. The minimum Gasteiger partial charge on any atom is -0.311 e. The van der Waals surface area contributed by atoms with Crippen LogP contribution in [0, 0.1) is 0 Å². The molecule has 2 nitrogen and oxygen atoms in total. The van der Waals surface area contributed by atoms with Gasteiger partial charge in [0.15, 0.2) is 0 Å². The summed E-state index contributed by atoms with van der Waals surface area (Å²) in [7, 11) is 0. The summed E-state index contributed by atoms with van der Waals surface area (Å²) in [6.45, 7) is 10.1. The highest BCUT2D eigenvalue weighted by molar-refractivity contribution is 5.25. The first-order valence-electron chi connectivity index (χ1n) is 6.21. The summed E-state index contributed by atoms with van der Waals surface area (Å²) in [5.74, 6) is 0. The van der Waals surface area contributed by atoms with E-state index in [1.54, 1.807) is 0 Å². The molecule has 1 aliphatic heterocycles. The van der Waals surface area contributed by atoms with Crippen molar-refractivity contribution in [3.63, 3.8) is 0 Å². The normalized spacial score (nSPS) is 31.6. The SMILES string of the molecule is CCN1CC(C)NCC1(C)c1ccccc1. The molecule has 1 aromatic carbocycles. The third-order valence-corrected chi connectivity index (χ3v) is 3.76. The van der Waals surface area contributed by atoms with Gasteiger partial charge in [-0.3, -0.25) is 4.90 Å². The fourth-order valence-electron chi connectivity index (χ4n) is 2.64. The van der Waals surface area contributed by atoms with Gasteiger partial charge in [0.2, 0.25) is 0 Å². The summed E-state index contributed by atoms with van der Waals surface area (Å²) in [6, 6.07) is 11.4. The van der Waals surface area contributed by atoms with Crippen LogP contribution in [0.15, 0.2) is 30.3 Å². The lowest BCUT2D eigenvalue weighted by molar-refractivity contribution is 0.0592. The molecule has 1 heterocycles.